The molecule has 1 aromatic heterocycles. The lowest BCUT2D eigenvalue weighted by molar-refractivity contribution is -0.118. The average Bonchev–Trinajstić information content (AvgIpc) is 2.97. The molecule has 6 nitrogen and oxygen atoms in total. The Labute approximate surface area is 169 Å². The van der Waals surface area contributed by atoms with E-state index >= 15 is 0 Å². The van der Waals surface area contributed by atoms with E-state index in [1.807, 2.05) is 6.07 Å². The van der Waals surface area contributed by atoms with Crippen LogP contribution in [0.15, 0.2) is 30.3 Å². The van der Waals surface area contributed by atoms with E-state index in [-0.39, 0.29) is 37.3 Å². The van der Waals surface area contributed by atoms with E-state index in [1.54, 1.807) is 0 Å². The standard InChI is InChI=1S/C17H22N4O2S.2ClH/c1-23-11-13(18)16(22)20-17-19-14-7-8-21(10-15(14)24-17)9-12-5-3-2-4-6-12;;/h2-6,13H,7-11,18H2,1H3,(H,19,20,22);2*1H. The fourth-order valence-corrected chi connectivity index (χ4v) is 3.79. The molecule has 0 aliphatic carbocycles. The third kappa shape index (κ3) is 5.90. The van der Waals surface area contributed by atoms with Crippen molar-refractivity contribution >= 4 is 47.2 Å². The molecule has 1 aliphatic rings. The maximum atomic E-state index is 12.0. The first kappa shape index (κ1) is 22.8. The van der Waals surface area contributed by atoms with Crippen LogP contribution < -0.4 is 11.1 Å². The highest BCUT2D eigenvalue weighted by Crippen LogP contribution is 2.29. The number of nitrogens with two attached hydrogens (primary N) is 1. The van der Waals surface area contributed by atoms with Crippen molar-refractivity contribution in [2.24, 2.45) is 5.73 Å². The van der Waals surface area contributed by atoms with Gasteiger partial charge in [-0.1, -0.05) is 30.3 Å². The van der Waals surface area contributed by atoms with E-state index in [9.17, 15) is 4.79 Å². The summed E-state index contributed by atoms with van der Waals surface area (Å²) < 4.78 is 4.90. The second-order valence-electron chi connectivity index (χ2n) is 5.89. The van der Waals surface area contributed by atoms with Gasteiger partial charge in [0.1, 0.15) is 6.04 Å². The maximum absolute atomic E-state index is 12.0. The van der Waals surface area contributed by atoms with Crippen LogP contribution in [0.25, 0.3) is 0 Å². The lowest BCUT2D eigenvalue weighted by Gasteiger charge is -2.25. The van der Waals surface area contributed by atoms with Crippen molar-refractivity contribution in [2.75, 3.05) is 25.6 Å². The average molecular weight is 419 g/mol. The quantitative estimate of drug-likeness (QED) is 0.752. The summed E-state index contributed by atoms with van der Waals surface area (Å²) in [6.07, 6.45) is 0.901. The van der Waals surface area contributed by atoms with Gasteiger partial charge in [0.25, 0.3) is 0 Å². The van der Waals surface area contributed by atoms with Gasteiger partial charge in [0.2, 0.25) is 5.91 Å². The summed E-state index contributed by atoms with van der Waals surface area (Å²) in [5.74, 6) is -0.260. The molecule has 3 rings (SSSR count). The summed E-state index contributed by atoms with van der Waals surface area (Å²) in [5.41, 5.74) is 8.13. The normalized spacial score (nSPS) is 14.5. The predicted octanol–water partition coefficient (Wildman–Crippen LogP) is 2.46. The third-order valence-corrected chi connectivity index (χ3v) is 4.97. The number of aromatic nitrogens is 1. The molecule has 144 valence electrons. The summed E-state index contributed by atoms with van der Waals surface area (Å²) in [5, 5.41) is 3.42. The lowest BCUT2D eigenvalue weighted by Crippen LogP contribution is -2.39. The Bertz CT molecular complexity index is 699. The first-order valence-electron chi connectivity index (χ1n) is 7.96. The van der Waals surface area contributed by atoms with Gasteiger partial charge in [-0.15, -0.1) is 36.2 Å². The highest BCUT2D eigenvalue weighted by molar-refractivity contribution is 7.15. The van der Waals surface area contributed by atoms with Crippen LogP contribution in [0.5, 0.6) is 0 Å². The zero-order chi connectivity index (χ0) is 16.9. The summed E-state index contributed by atoms with van der Waals surface area (Å²) >= 11 is 1.53. The number of rotatable bonds is 6. The number of fused-ring (bicyclic) bond motifs is 1. The van der Waals surface area contributed by atoms with Crippen molar-refractivity contribution in [2.45, 2.75) is 25.6 Å². The Morgan fingerprint density at radius 3 is 2.81 bits per heavy atom. The maximum Gasteiger partial charge on any atom is 0.245 e. The number of thiazole rings is 1. The number of benzene rings is 1. The molecule has 0 spiro atoms. The van der Waals surface area contributed by atoms with Crippen LogP contribution in [0, 0.1) is 0 Å². The van der Waals surface area contributed by atoms with E-state index in [2.05, 4.69) is 39.5 Å². The molecule has 0 radical (unpaired) electrons. The number of nitrogens with zero attached hydrogens (tertiary/aromatic N) is 2. The van der Waals surface area contributed by atoms with E-state index in [0.717, 1.165) is 31.7 Å². The number of amides is 1. The zero-order valence-electron chi connectivity index (χ0n) is 14.5. The Hall–Kier alpha value is -1.22. The fourth-order valence-electron chi connectivity index (χ4n) is 2.73. The van der Waals surface area contributed by atoms with E-state index in [4.69, 9.17) is 10.5 Å². The van der Waals surface area contributed by atoms with Crippen molar-refractivity contribution < 1.29 is 9.53 Å². The number of ether oxygens (including phenoxy) is 1. The van der Waals surface area contributed by atoms with E-state index in [1.165, 1.54) is 28.9 Å². The van der Waals surface area contributed by atoms with Crippen LogP contribution >= 0.6 is 36.2 Å². The molecule has 1 aromatic carbocycles. The Morgan fingerprint density at radius 1 is 1.38 bits per heavy atom. The topological polar surface area (TPSA) is 80.5 Å². The molecular formula is C17H24Cl2N4O2S. The molecule has 0 bridgehead atoms. The molecular weight excluding hydrogens is 395 g/mol. The van der Waals surface area contributed by atoms with Crippen LogP contribution in [0.3, 0.4) is 0 Å². The molecule has 1 aliphatic heterocycles. The number of carbonyl (C=O) groups excluding carboxylic acids is 1. The van der Waals surface area contributed by atoms with Gasteiger partial charge in [-0.2, -0.15) is 0 Å². The minimum absolute atomic E-state index is 0. The smallest absolute Gasteiger partial charge is 0.245 e. The molecule has 3 N–H and O–H groups in total. The molecule has 1 atom stereocenters. The predicted molar refractivity (Wildman–Crippen MR) is 109 cm³/mol. The SMILES string of the molecule is COCC(N)C(=O)Nc1nc2c(s1)CN(Cc1ccccc1)CC2.Cl.Cl. The van der Waals surface area contributed by atoms with Gasteiger partial charge in [0, 0.05) is 38.0 Å². The second-order valence-corrected chi connectivity index (χ2v) is 6.97. The van der Waals surface area contributed by atoms with Crippen molar-refractivity contribution in [3.63, 3.8) is 0 Å². The van der Waals surface area contributed by atoms with Gasteiger partial charge in [-0.3, -0.25) is 9.69 Å². The van der Waals surface area contributed by atoms with Crippen LogP contribution in [0.2, 0.25) is 0 Å². The number of hydrogen-bond acceptors (Lipinski definition) is 6. The van der Waals surface area contributed by atoms with Crippen molar-refractivity contribution in [1.29, 1.82) is 0 Å². The van der Waals surface area contributed by atoms with Crippen molar-refractivity contribution in [3.8, 4) is 0 Å². The highest BCUT2D eigenvalue weighted by atomic mass is 35.5. The van der Waals surface area contributed by atoms with Crippen LogP contribution in [-0.4, -0.2) is 42.1 Å². The number of nitrogens with one attached hydrogen (secondary N) is 1. The number of hydrogen-bond donors (Lipinski definition) is 2. The van der Waals surface area contributed by atoms with Gasteiger partial charge in [-0.05, 0) is 5.56 Å². The largest absolute Gasteiger partial charge is 0.383 e. The number of carbonyl (C=O) groups is 1. The van der Waals surface area contributed by atoms with Gasteiger partial charge in [-0.25, -0.2) is 4.98 Å². The van der Waals surface area contributed by atoms with Crippen molar-refractivity contribution in [1.82, 2.24) is 9.88 Å². The van der Waals surface area contributed by atoms with Crippen LogP contribution in [0.1, 0.15) is 16.1 Å². The minimum atomic E-state index is -0.675. The minimum Gasteiger partial charge on any atom is -0.383 e. The van der Waals surface area contributed by atoms with E-state index < -0.39 is 6.04 Å². The molecule has 2 aromatic rings. The monoisotopic (exact) mass is 418 g/mol. The molecule has 0 saturated heterocycles. The summed E-state index contributed by atoms with van der Waals surface area (Å²) in [6.45, 7) is 2.96. The number of methoxy groups -OCH3 is 1. The molecule has 0 fully saturated rings. The zero-order valence-corrected chi connectivity index (χ0v) is 17.0. The molecule has 1 unspecified atom stereocenters. The molecule has 9 heteroatoms. The second kappa shape index (κ2) is 10.8. The molecule has 26 heavy (non-hydrogen) atoms. The fraction of sp³-hybridized carbons (Fsp3) is 0.412. The number of halogens is 2. The highest BCUT2D eigenvalue weighted by Gasteiger charge is 2.22. The third-order valence-electron chi connectivity index (χ3n) is 3.97. The van der Waals surface area contributed by atoms with Gasteiger partial charge in [0.05, 0.1) is 12.3 Å². The van der Waals surface area contributed by atoms with Crippen LogP contribution in [0.4, 0.5) is 5.13 Å². The number of anilines is 1. The first-order valence-corrected chi connectivity index (χ1v) is 8.77. The van der Waals surface area contributed by atoms with Gasteiger partial charge < -0.3 is 15.8 Å². The molecule has 1 amide bonds. The summed E-state index contributed by atoms with van der Waals surface area (Å²) in [7, 11) is 1.52. The molecule has 0 saturated carbocycles. The van der Waals surface area contributed by atoms with Crippen LogP contribution in [-0.2, 0) is 29.0 Å². The summed E-state index contributed by atoms with van der Waals surface area (Å²) in [6, 6.07) is 9.77. The Balaban J connectivity index is 0.00000169. The van der Waals surface area contributed by atoms with E-state index in [0.29, 0.717) is 5.13 Å². The van der Waals surface area contributed by atoms with Gasteiger partial charge >= 0.3 is 0 Å². The lowest BCUT2D eigenvalue weighted by atomic mass is 10.1. The first-order chi connectivity index (χ1) is 11.7. The van der Waals surface area contributed by atoms with Gasteiger partial charge in [0.15, 0.2) is 5.13 Å². The Morgan fingerprint density at radius 2 is 2.12 bits per heavy atom. The van der Waals surface area contributed by atoms with Crippen molar-refractivity contribution in [3.05, 3.63) is 46.5 Å². The summed E-state index contributed by atoms with van der Waals surface area (Å²) in [4.78, 5) is 20.1. The molecule has 2 heterocycles. The Kier molecular flexibility index (Phi) is 9.49.